The van der Waals surface area contributed by atoms with Crippen molar-refractivity contribution in [2.24, 2.45) is 0 Å². The lowest BCUT2D eigenvalue weighted by Gasteiger charge is -2.09. The number of hydrogen-bond acceptors (Lipinski definition) is 3. The number of thioether (sulfide) groups is 1. The molecular formula is C10H5Cl3O2S. The lowest BCUT2D eigenvalue weighted by atomic mass is 10.4. The first kappa shape index (κ1) is 12.1. The van der Waals surface area contributed by atoms with Gasteiger partial charge in [0, 0.05) is 9.92 Å². The quantitative estimate of drug-likeness (QED) is 0.771. The Kier molecular flexibility index (Phi) is 3.70. The van der Waals surface area contributed by atoms with E-state index in [4.69, 9.17) is 39.5 Å². The molecule has 1 aliphatic rings. The Hall–Kier alpha value is -0.350. The van der Waals surface area contributed by atoms with E-state index < -0.39 is 11.4 Å². The van der Waals surface area contributed by atoms with Gasteiger partial charge in [0.05, 0.1) is 5.03 Å². The van der Waals surface area contributed by atoms with Crippen molar-refractivity contribution in [3.63, 3.8) is 0 Å². The van der Waals surface area contributed by atoms with E-state index in [0.717, 1.165) is 4.90 Å². The van der Waals surface area contributed by atoms with Crippen molar-refractivity contribution in [2.75, 3.05) is 0 Å². The van der Waals surface area contributed by atoms with Gasteiger partial charge in [0.2, 0.25) is 0 Å². The van der Waals surface area contributed by atoms with Crippen molar-refractivity contribution in [2.45, 2.75) is 10.3 Å². The van der Waals surface area contributed by atoms with Crippen LogP contribution in [0.1, 0.15) is 0 Å². The van der Waals surface area contributed by atoms with Gasteiger partial charge >= 0.3 is 5.97 Å². The highest BCUT2D eigenvalue weighted by atomic mass is 35.5. The number of cyclic esters (lactones) is 1. The molecule has 0 aliphatic carbocycles. The predicted octanol–water partition coefficient (Wildman–Crippen LogP) is 4.00. The summed E-state index contributed by atoms with van der Waals surface area (Å²) in [7, 11) is 0. The highest BCUT2D eigenvalue weighted by Crippen LogP contribution is 2.38. The second kappa shape index (κ2) is 4.88. The summed E-state index contributed by atoms with van der Waals surface area (Å²) in [5.41, 5.74) is -0.567. The first-order valence-electron chi connectivity index (χ1n) is 4.26. The highest BCUT2D eigenvalue weighted by molar-refractivity contribution is 8.00. The lowest BCUT2D eigenvalue weighted by Crippen LogP contribution is -2.04. The summed E-state index contributed by atoms with van der Waals surface area (Å²) in [5.74, 6) is -0.585. The van der Waals surface area contributed by atoms with E-state index in [9.17, 15) is 4.79 Å². The Balaban J connectivity index is 2.12. The zero-order valence-corrected chi connectivity index (χ0v) is 10.8. The molecule has 0 fully saturated rings. The molecule has 0 spiro atoms. The largest absolute Gasteiger partial charge is 0.441 e. The summed E-state index contributed by atoms with van der Waals surface area (Å²) in [5, 5.41) is 0.826. The minimum atomic E-state index is -0.585. The zero-order chi connectivity index (χ0) is 11.7. The number of carbonyl (C=O) groups excluding carboxylic acids is 1. The molecule has 0 saturated heterocycles. The van der Waals surface area contributed by atoms with Crippen LogP contribution in [0.25, 0.3) is 0 Å². The van der Waals surface area contributed by atoms with E-state index in [-0.39, 0.29) is 10.1 Å². The molecule has 2 nitrogen and oxygen atoms in total. The molecule has 0 unspecified atom stereocenters. The number of rotatable bonds is 2. The van der Waals surface area contributed by atoms with Gasteiger partial charge in [0.25, 0.3) is 0 Å². The number of carbonyl (C=O) groups is 1. The summed E-state index contributed by atoms with van der Waals surface area (Å²) in [6.45, 7) is 0. The average Bonchev–Trinajstić information content (AvgIpc) is 2.50. The van der Waals surface area contributed by atoms with Crippen molar-refractivity contribution in [1.29, 1.82) is 0 Å². The predicted molar refractivity (Wildman–Crippen MR) is 65.9 cm³/mol. The molecule has 0 bridgehead atoms. The number of ether oxygens (including phenoxy) is 1. The van der Waals surface area contributed by atoms with E-state index >= 15 is 0 Å². The van der Waals surface area contributed by atoms with Gasteiger partial charge in [-0.25, -0.2) is 4.79 Å². The fraction of sp³-hybridized carbons (Fsp3) is 0.100. The zero-order valence-electron chi connectivity index (χ0n) is 7.75. The Morgan fingerprint density at radius 3 is 2.25 bits per heavy atom. The molecule has 1 atom stereocenters. The first-order chi connectivity index (χ1) is 7.58. The third-order valence-corrected chi connectivity index (χ3v) is 4.18. The molecule has 1 aromatic rings. The Morgan fingerprint density at radius 1 is 1.12 bits per heavy atom. The van der Waals surface area contributed by atoms with Crippen LogP contribution in [0.4, 0.5) is 0 Å². The van der Waals surface area contributed by atoms with Gasteiger partial charge in [-0.3, -0.25) is 0 Å². The van der Waals surface area contributed by atoms with Crippen LogP contribution in [0.2, 0.25) is 5.02 Å². The molecule has 2 rings (SSSR count). The molecule has 16 heavy (non-hydrogen) atoms. The van der Waals surface area contributed by atoms with Crippen molar-refractivity contribution >= 4 is 52.5 Å². The van der Waals surface area contributed by atoms with Crippen LogP contribution in [0.5, 0.6) is 0 Å². The lowest BCUT2D eigenvalue weighted by molar-refractivity contribution is -0.136. The van der Waals surface area contributed by atoms with Gasteiger partial charge in [-0.05, 0) is 24.3 Å². The van der Waals surface area contributed by atoms with Crippen molar-refractivity contribution in [3.05, 3.63) is 39.4 Å². The fourth-order valence-corrected chi connectivity index (χ4v) is 2.60. The minimum absolute atomic E-state index is 0.0480. The van der Waals surface area contributed by atoms with E-state index in [1.165, 1.54) is 11.8 Å². The summed E-state index contributed by atoms with van der Waals surface area (Å²) in [6, 6.07) is 7.13. The molecule has 1 aliphatic heterocycles. The van der Waals surface area contributed by atoms with Crippen LogP contribution in [-0.2, 0) is 9.53 Å². The maximum Gasteiger partial charge on any atom is 0.352 e. The topological polar surface area (TPSA) is 26.3 Å². The van der Waals surface area contributed by atoms with Crippen molar-refractivity contribution < 1.29 is 9.53 Å². The summed E-state index contributed by atoms with van der Waals surface area (Å²) in [6.07, 6.45) is 0. The van der Waals surface area contributed by atoms with Crippen LogP contribution in [0, 0.1) is 0 Å². The van der Waals surface area contributed by atoms with Crippen molar-refractivity contribution in [3.8, 4) is 0 Å². The Labute approximate surface area is 112 Å². The van der Waals surface area contributed by atoms with Gasteiger partial charge in [0.15, 0.2) is 5.44 Å². The number of halogens is 3. The monoisotopic (exact) mass is 294 g/mol. The minimum Gasteiger partial charge on any atom is -0.441 e. The maximum absolute atomic E-state index is 11.1. The molecule has 0 aromatic heterocycles. The van der Waals surface area contributed by atoms with E-state index in [2.05, 4.69) is 0 Å². The standard InChI is InChI=1S/C10H5Cl3O2S/c11-5-1-3-6(4-2-5)16-10-8(13)7(12)9(14)15-10/h1-4,10H/t10-/m0/s1. The summed E-state index contributed by atoms with van der Waals surface area (Å²) < 4.78 is 4.97. The molecule has 0 N–H and O–H groups in total. The van der Waals surface area contributed by atoms with Gasteiger partial charge < -0.3 is 4.74 Å². The van der Waals surface area contributed by atoms with Gasteiger partial charge in [-0.2, -0.15) is 0 Å². The molecule has 6 heteroatoms. The first-order valence-corrected chi connectivity index (χ1v) is 6.27. The second-order valence-corrected chi connectivity index (χ2v) is 5.33. The second-order valence-electron chi connectivity index (χ2n) is 2.97. The highest BCUT2D eigenvalue weighted by Gasteiger charge is 2.32. The Bertz CT molecular complexity index is 456. The van der Waals surface area contributed by atoms with Gasteiger partial charge in [0.1, 0.15) is 5.03 Å². The van der Waals surface area contributed by atoms with Gasteiger partial charge in [-0.15, -0.1) is 0 Å². The SMILES string of the molecule is O=C1O[C@@H](Sc2ccc(Cl)cc2)C(Cl)=C1Cl. The fourth-order valence-electron chi connectivity index (χ4n) is 1.11. The van der Waals surface area contributed by atoms with Crippen LogP contribution in [0.15, 0.2) is 39.2 Å². The van der Waals surface area contributed by atoms with Crippen LogP contribution >= 0.6 is 46.6 Å². The molecular weight excluding hydrogens is 291 g/mol. The van der Waals surface area contributed by atoms with Gasteiger partial charge in [-0.1, -0.05) is 46.6 Å². The third kappa shape index (κ3) is 2.48. The molecule has 84 valence electrons. The molecule has 0 saturated carbocycles. The molecule has 0 amide bonds. The maximum atomic E-state index is 11.1. The van der Waals surface area contributed by atoms with Crippen molar-refractivity contribution in [1.82, 2.24) is 0 Å². The van der Waals surface area contributed by atoms with Crippen LogP contribution < -0.4 is 0 Å². The third-order valence-electron chi connectivity index (χ3n) is 1.87. The van der Waals surface area contributed by atoms with Crippen LogP contribution in [-0.4, -0.2) is 11.4 Å². The number of hydrogen-bond donors (Lipinski definition) is 0. The molecule has 1 heterocycles. The average molecular weight is 296 g/mol. The normalized spacial score (nSPS) is 20.2. The summed E-state index contributed by atoms with van der Waals surface area (Å²) >= 11 is 18.5. The van der Waals surface area contributed by atoms with E-state index in [1.807, 2.05) is 12.1 Å². The van der Waals surface area contributed by atoms with Crippen LogP contribution in [0.3, 0.4) is 0 Å². The number of esters is 1. The van der Waals surface area contributed by atoms with E-state index in [0.29, 0.717) is 5.02 Å². The molecule has 0 radical (unpaired) electrons. The summed E-state index contributed by atoms with van der Waals surface area (Å²) in [4.78, 5) is 12.0. The Morgan fingerprint density at radius 2 is 1.75 bits per heavy atom. The molecule has 1 aromatic carbocycles. The number of benzene rings is 1. The van der Waals surface area contributed by atoms with E-state index in [1.54, 1.807) is 12.1 Å². The smallest absolute Gasteiger partial charge is 0.352 e.